The van der Waals surface area contributed by atoms with E-state index in [0.717, 1.165) is 22.5 Å². The lowest BCUT2D eigenvalue weighted by molar-refractivity contribution is -0.137. The van der Waals surface area contributed by atoms with Crippen molar-refractivity contribution in [2.45, 2.75) is 19.2 Å². The second-order valence-corrected chi connectivity index (χ2v) is 8.59. The highest BCUT2D eigenvalue weighted by Gasteiger charge is 2.34. The van der Waals surface area contributed by atoms with Gasteiger partial charge < -0.3 is 15.4 Å². The van der Waals surface area contributed by atoms with Crippen molar-refractivity contribution in [3.8, 4) is 11.4 Å². The van der Waals surface area contributed by atoms with Crippen molar-refractivity contribution in [2.24, 2.45) is 0 Å². The molecule has 3 aromatic carbocycles. The zero-order chi connectivity index (χ0) is 27.2. The van der Waals surface area contributed by atoms with Crippen LogP contribution < -0.4 is 10.6 Å². The van der Waals surface area contributed by atoms with Crippen molar-refractivity contribution in [3.63, 3.8) is 0 Å². The number of fused-ring (bicyclic) bond motifs is 1. The lowest BCUT2D eigenvalue weighted by Gasteiger charge is -2.14. The lowest BCUT2D eigenvalue weighted by Crippen LogP contribution is -2.26. The van der Waals surface area contributed by atoms with Crippen LogP contribution in [0.5, 0.6) is 0 Å². The number of hydrogen-bond donors (Lipinski definition) is 3. The number of aromatic nitrogens is 4. The van der Waals surface area contributed by atoms with Gasteiger partial charge >= 0.3 is 12.3 Å². The molecule has 0 fully saturated rings. The van der Waals surface area contributed by atoms with Gasteiger partial charge in [-0.25, -0.2) is 14.8 Å². The topological polar surface area (TPSA) is 105 Å². The quantitative estimate of drug-likeness (QED) is 0.218. The van der Waals surface area contributed by atoms with Gasteiger partial charge in [0.2, 0.25) is 0 Å². The molecule has 5 rings (SSSR count). The lowest BCUT2D eigenvalue weighted by atomic mass is 10.1. The van der Waals surface area contributed by atoms with Crippen LogP contribution in [0.4, 0.5) is 29.6 Å². The van der Waals surface area contributed by atoms with Gasteiger partial charge in [0, 0.05) is 35.7 Å². The summed E-state index contributed by atoms with van der Waals surface area (Å²) in [6.07, 6.45) is -4.98. The normalized spacial score (nSPS) is 11.4. The van der Waals surface area contributed by atoms with Crippen LogP contribution in [0.25, 0.3) is 22.3 Å². The first-order valence-corrected chi connectivity index (χ1v) is 12.1. The van der Waals surface area contributed by atoms with Gasteiger partial charge in [-0.05, 0) is 23.8 Å². The molecule has 1 amide bonds. The Kier molecular flexibility index (Phi) is 7.39. The number of anilines is 2. The van der Waals surface area contributed by atoms with E-state index in [2.05, 4.69) is 30.8 Å². The van der Waals surface area contributed by atoms with E-state index in [1.165, 1.54) is 18.2 Å². The zero-order valence-electron chi connectivity index (χ0n) is 20.5. The molecule has 0 unspecified atom stereocenters. The van der Waals surface area contributed by atoms with Crippen molar-refractivity contribution >= 4 is 28.6 Å². The molecule has 0 aliphatic heterocycles. The number of carbonyl (C=O) groups is 1. The second kappa shape index (κ2) is 11.2. The van der Waals surface area contributed by atoms with Crippen molar-refractivity contribution in [1.29, 1.82) is 0 Å². The minimum absolute atomic E-state index is 0.102. The van der Waals surface area contributed by atoms with Gasteiger partial charge in [0.25, 0.3) is 0 Å². The maximum atomic E-state index is 13.8. The third-order valence-electron chi connectivity index (χ3n) is 5.83. The third-order valence-corrected chi connectivity index (χ3v) is 5.83. The predicted molar refractivity (Wildman–Crippen MR) is 140 cm³/mol. The second-order valence-electron chi connectivity index (χ2n) is 8.59. The van der Waals surface area contributed by atoms with Crippen LogP contribution in [0, 0.1) is 0 Å². The molecule has 198 valence electrons. The Bertz CT molecular complexity index is 1590. The third kappa shape index (κ3) is 6.32. The minimum Gasteiger partial charge on any atom is -0.445 e. The summed E-state index contributed by atoms with van der Waals surface area (Å²) in [6.45, 7) is 0.264. The Balaban J connectivity index is 1.38. The SMILES string of the molecule is O=C(NCCc1cc(Nc2n[nH]c3ccccc23)nc(-c2ccccc2C(F)(F)F)n1)OCc1ccccc1. The van der Waals surface area contributed by atoms with E-state index in [1.807, 2.05) is 54.6 Å². The average Bonchev–Trinajstić information content (AvgIpc) is 3.34. The summed E-state index contributed by atoms with van der Waals surface area (Å²) >= 11 is 0. The molecule has 2 aromatic heterocycles. The molecule has 8 nitrogen and oxygen atoms in total. The number of ether oxygens (including phenoxy) is 1. The van der Waals surface area contributed by atoms with Gasteiger partial charge in [0.15, 0.2) is 11.6 Å². The fraction of sp³-hybridized carbons (Fsp3) is 0.143. The van der Waals surface area contributed by atoms with Gasteiger partial charge in [-0.2, -0.15) is 18.3 Å². The number of nitrogens with zero attached hydrogens (tertiary/aromatic N) is 3. The number of alkyl halides is 3. The molecule has 0 aliphatic carbocycles. The van der Waals surface area contributed by atoms with E-state index in [0.29, 0.717) is 11.5 Å². The van der Waals surface area contributed by atoms with Crippen LogP contribution in [-0.4, -0.2) is 32.8 Å². The fourth-order valence-corrected chi connectivity index (χ4v) is 3.98. The molecule has 0 bridgehead atoms. The molecule has 0 aliphatic rings. The molecule has 5 aromatic rings. The van der Waals surface area contributed by atoms with E-state index < -0.39 is 17.8 Å². The van der Waals surface area contributed by atoms with Crippen molar-refractivity contribution < 1.29 is 22.7 Å². The molecule has 2 heterocycles. The van der Waals surface area contributed by atoms with Gasteiger partial charge in [-0.3, -0.25) is 5.10 Å². The fourth-order valence-electron chi connectivity index (χ4n) is 3.98. The minimum atomic E-state index is -4.59. The highest BCUT2D eigenvalue weighted by Crippen LogP contribution is 2.36. The first kappa shape index (κ1) is 25.7. The summed E-state index contributed by atoms with van der Waals surface area (Å²) in [5.74, 6) is 0.623. The molecule has 39 heavy (non-hydrogen) atoms. The highest BCUT2D eigenvalue weighted by molar-refractivity contribution is 5.91. The number of H-pyrrole nitrogens is 1. The zero-order valence-corrected chi connectivity index (χ0v) is 20.5. The molecule has 0 saturated carbocycles. The number of amides is 1. The monoisotopic (exact) mass is 532 g/mol. The summed E-state index contributed by atoms with van der Waals surface area (Å²) in [7, 11) is 0. The Morgan fingerprint density at radius 1 is 0.923 bits per heavy atom. The largest absolute Gasteiger partial charge is 0.445 e. The van der Waals surface area contributed by atoms with Crippen LogP contribution in [0.3, 0.4) is 0 Å². The Labute approximate surface area is 221 Å². The number of nitrogens with one attached hydrogen (secondary N) is 3. The summed E-state index contributed by atoms with van der Waals surface area (Å²) in [4.78, 5) is 20.9. The number of aromatic amines is 1. The highest BCUT2D eigenvalue weighted by atomic mass is 19.4. The molecule has 11 heteroatoms. The summed E-state index contributed by atoms with van der Waals surface area (Å²) in [5.41, 5.74) is 1.05. The number of alkyl carbamates (subject to hydrolysis) is 1. The van der Waals surface area contributed by atoms with Crippen LogP contribution in [0.15, 0.2) is 84.9 Å². The first-order valence-electron chi connectivity index (χ1n) is 12.1. The van der Waals surface area contributed by atoms with Gasteiger partial charge in [-0.15, -0.1) is 0 Å². The molecular weight excluding hydrogens is 509 g/mol. The van der Waals surface area contributed by atoms with Crippen molar-refractivity contribution in [1.82, 2.24) is 25.5 Å². The Hall–Kier alpha value is -4.93. The van der Waals surface area contributed by atoms with Gasteiger partial charge in [-0.1, -0.05) is 60.7 Å². The Morgan fingerprint density at radius 2 is 1.67 bits per heavy atom. The number of carbonyl (C=O) groups excluding carboxylic acids is 1. The number of rotatable bonds is 8. The number of benzene rings is 3. The summed E-state index contributed by atoms with van der Waals surface area (Å²) in [6, 6.07) is 23.4. The number of halogens is 3. The maximum absolute atomic E-state index is 13.8. The molecular formula is C28H23F3N6O2. The maximum Gasteiger partial charge on any atom is 0.417 e. The van der Waals surface area contributed by atoms with Gasteiger partial charge in [0.05, 0.1) is 11.1 Å². The molecule has 0 atom stereocenters. The van der Waals surface area contributed by atoms with Crippen LogP contribution in [0.1, 0.15) is 16.8 Å². The first-order chi connectivity index (χ1) is 18.9. The molecule has 3 N–H and O–H groups in total. The van der Waals surface area contributed by atoms with E-state index >= 15 is 0 Å². The molecule has 0 spiro atoms. The summed E-state index contributed by atoms with van der Waals surface area (Å²) in [5, 5.41) is 13.7. The number of hydrogen-bond acceptors (Lipinski definition) is 6. The van der Waals surface area contributed by atoms with Crippen LogP contribution in [0.2, 0.25) is 0 Å². The smallest absolute Gasteiger partial charge is 0.417 e. The average molecular weight is 533 g/mol. The van der Waals surface area contributed by atoms with E-state index in [-0.39, 0.29) is 36.8 Å². The standard InChI is InChI=1S/C28H23F3N6O2/c29-28(30,31)22-12-6-4-10-20(22)25-33-19(14-15-32-27(38)39-17-18-8-2-1-3-9-18)16-24(34-25)35-26-21-11-5-7-13-23(21)36-37-26/h1-13,16H,14-15,17H2,(H,32,38)(H2,33,34,35,36,37). The van der Waals surface area contributed by atoms with E-state index in [4.69, 9.17) is 4.74 Å². The predicted octanol–water partition coefficient (Wildman–Crippen LogP) is 6.25. The van der Waals surface area contributed by atoms with Crippen molar-refractivity contribution in [3.05, 3.63) is 102 Å². The molecule has 0 saturated heterocycles. The van der Waals surface area contributed by atoms with E-state index in [9.17, 15) is 18.0 Å². The summed E-state index contributed by atoms with van der Waals surface area (Å²) < 4.78 is 46.5. The molecule has 0 radical (unpaired) electrons. The van der Waals surface area contributed by atoms with E-state index in [1.54, 1.807) is 6.07 Å². The number of para-hydroxylation sites is 1. The van der Waals surface area contributed by atoms with Crippen LogP contribution in [-0.2, 0) is 23.9 Å². The van der Waals surface area contributed by atoms with Gasteiger partial charge in [0.1, 0.15) is 12.4 Å². The van der Waals surface area contributed by atoms with Crippen molar-refractivity contribution in [2.75, 3.05) is 11.9 Å². The van der Waals surface area contributed by atoms with Crippen LogP contribution >= 0.6 is 0 Å². The Morgan fingerprint density at radius 3 is 2.49 bits per heavy atom.